The third kappa shape index (κ3) is 6.55. The Morgan fingerprint density at radius 1 is 1.21 bits per heavy atom. The predicted octanol–water partition coefficient (Wildman–Crippen LogP) is 4.56. The summed E-state index contributed by atoms with van der Waals surface area (Å²) in [7, 11) is 1.73. The number of hydrogen-bond donors (Lipinski definition) is 4. The van der Waals surface area contributed by atoms with Crippen LogP contribution in [-0.4, -0.2) is 35.3 Å². The molecular weight excluding hydrogens is 445 g/mol. The number of aromatic nitrogens is 2. The molecule has 0 atom stereocenters. The highest BCUT2D eigenvalue weighted by molar-refractivity contribution is 5.80. The van der Waals surface area contributed by atoms with Crippen LogP contribution in [0.2, 0.25) is 0 Å². The van der Waals surface area contributed by atoms with Gasteiger partial charge < -0.3 is 21.4 Å². The van der Waals surface area contributed by atoms with Crippen molar-refractivity contribution < 1.29 is 18.0 Å². The number of halogens is 3. The molecule has 0 radical (unpaired) electrons. The number of benzene rings is 1. The smallest absolute Gasteiger partial charge is 0.391 e. The number of amides is 1. The van der Waals surface area contributed by atoms with Gasteiger partial charge in [-0.1, -0.05) is 12.1 Å². The molecule has 1 saturated carbocycles. The van der Waals surface area contributed by atoms with Crippen LogP contribution in [0.3, 0.4) is 0 Å². The van der Waals surface area contributed by atoms with Gasteiger partial charge in [-0.15, -0.1) is 0 Å². The van der Waals surface area contributed by atoms with E-state index in [2.05, 4.69) is 25.9 Å². The van der Waals surface area contributed by atoms with Gasteiger partial charge in [0.1, 0.15) is 0 Å². The normalized spacial score (nSPS) is 18.8. The Bertz CT molecular complexity index is 1050. The van der Waals surface area contributed by atoms with Crippen molar-refractivity contribution in [3.63, 3.8) is 0 Å². The van der Waals surface area contributed by atoms with E-state index in [0.29, 0.717) is 23.9 Å². The lowest BCUT2D eigenvalue weighted by Crippen LogP contribution is -2.35. The lowest BCUT2D eigenvalue weighted by molar-refractivity contribution is -0.184. The number of carbonyl (C=O) groups excluding carboxylic acids is 1. The summed E-state index contributed by atoms with van der Waals surface area (Å²) in [5.41, 5.74) is 3.97. The minimum Gasteiger partial charge on any atom is -0.392 e. The maximum absolute atomic E-state index is 12.8. The van der Waals surface area contributed by atoms with E-state index in [1.54, 1.807) is 25.5 Å². The van der Waals surface area contributed by atoms with Crippen molar-refractivity contribution in [2.75, 3.05) is 12.4 Å². The molecule has 1 aliphatic carbocycles. The maximum Gasteiger partial charge on any atom is 0.391 e. The molecular formula is C24H29F3N6O. The van der Waals surface area contributed by atoms with Gasteiger partial charge in [0.25, 0.3) is 0 Å². The number of hydrogen-bond acceptors (Lipinski definition) is 6. The number of nitrogens with zero attached hydrogens (tertiary/aromatic N) is 2. The summed E-state index contributed by atoms with van der Waals surface area (Å²) in [6, 6.07) is 7.55. The first-order valence-electron chi connectivity index (χ1n) is 11.1. The fourth-order valence-corrected chi connectivity index (χ4v) is 4.04. The van der Waals surface area contributed by atoms with Crippen molar-refractivity contribution in [2.45, 2.75) is 45.3 Å². The monoisotopic (exact) mass is 474 g/mol. The van der Waals surface area contributed by atoms with Gasteiger partial charge in [-0.25, -0.2) is 9.97 Å². The average molecular weight is 475 g/mol. The van der Waals surface area contributed by atoms with E-state index in [0.717, 1.165) is 22.9 Å². The summed E-state index contributed by atoms with van der Waals surface area (Å²) < 4.78 is 38.5. The van der Waals surface area contributed by atoms with Gasteiger partial charge >= 0.3 is 6.18 Å². The molecule has 0 spiro atoms. The molecule has 0 aliphatic heterocycles. The molecule has 1 aromatic heterocycles. The molecule has 1 aromatic carbocycles. The van der Waals surface area contributed by atoms with Crippen LogP contribution in [0.15, 0.2) is 42.4 Å². The lowest BCUT2D eigenvalue weighted by Gasteiger charge is -2.29. The standard InChI is InChI=1S/C24H29F3N6O/c1-15-11-17(21-9-10-30-23(33-21)32-20(12-28)14-29-2)3-4-18(15)13-31-22(34)16-5-7-19(8-6-16)24(25,26)27/h3-4,9-12,14,16,19,28-29H,5-8,13H2,1-2H3,(H,31,34)(H,30,32,33)/b20-14+,28-12?. The molecule has 34 heavy (non-hydrogen) atoms. The van der Waals surface area contributed by atoms with Gasteiger partial charge in [0.2, 0.25) is 11.9 Å². The zero-order chi connectivity index (χ0) is 24.7. The molecule has 182 valence electrons. The summed E-state index contributed by atoms with van der Waals surface area (Å²) >= 11 is 0. The van der Waals surface area contributed by atoms with Crippen molar-refractivity contribution in [3.05, 3.63) is 53.5 Å². The highest BCUT2D eigenvalue weighted by Crippen LogP contribution is 2.39. The number of carbonyl (C=O) groups is 1. The van der Waals surface area contributed by atoms with E-state index in [4.69, 9.17) is 5.41 Å². The third-order valence-electron chi connectivity index (χ3n) is 6.02. The number of allylic oxidation sites excluding steroid dienone is 1. The van der Waals surface area contributed by atoms with Gasteiger partial charge in [0.15, 0.2) is 0 Å². The predicted molar refractivity (Wildman–Crippen MR) is 125 cm³/mol. The molecule has 0 unspecified atom stereocenters. The molecule has 10 heteroatoms. The van der Waals surface area contributed by atoms with Gasteiger partial charge in [0, 0.05) is 43.7 Å². The number of rotatable bonds is 8. The molecule has 4 N–H and O–H groups in total. The highest BCUT2D eigenvalue weighted by Gasteiger charge is 2.42. The van der Waals surface area contributed by atoms with E-state index in [1.165, 1.54) is 0 Å². The fraction of sp³-hybridized carbons (Fsp3) is 0.417. The van der Waals surface area contributed by atoms with Crippen LogP contribution >= 0.6 is 0 Å². The number of aryl methyl sites for hydroxylation is 1. The summed E-state index contributed by atoms with van der Waals surface area (Å²) in [5, 5.41) is 16.1. The second-order valence-corrected chi connectivity index (χ2v) is 8.37. The van der Waals surface area contributed by atoms with Crippen molar-refractivity contribution >= 4 is 18.1 Å². The Labute approximate surface area is 196 Å². The van der Waals surface area contributed by atoms with Crippen LogP contribution in [0.1, 0.15) is 36.8 Å². The SMILES string of the molecule is CN/C=C(\C=N)Nc1nccc(-c2ccc(CNC(=O)C3CCC(C(F)(F)F)CC3)c(C)c2)n1. The Morgan fingerprint density at radius 2 is 1.94 bits per heavy atom. The van der Waals surface area contributed by atoms with Gasteiger partial charge in [0.05, 0.1) is 17.3 Å². The Hall–Kier alpha value is -3.43. The zero-order valence-corrected chi connectivity index (χ0v) is 19.2. The average Bonchev–Trinajstić information content (AvgIpc) is 2.82. The molecule has 0 saturated heterocycles. The first-order chi connectivity index (χ1) is 16.2. The third-order valence-corrected chi connectivity index (χ3v) is 6.02. The summed E-state index contributed by atoms with van der Waals surface area (Å²) in [6.07, 6.45) is 0.784. The minimum atomic E-state index is -4.17. The second-order valence-electron chi connectivity index (χ2n) is 8.37. The first kappa shape index (κ1) is 25.2. The van der Waals surface area contributed by atoms with E-state index in [9.17, 15) is 18.0 Å². The molecule has 1 heterocycles. The van der Waals surface area contributed by atoms with Crippen molar-refractivity contribution in [3.8, 4) is 11.3 Å². The van der Waals surface area contributed by atoms with Crippen molar-refractivity contribution in [1.82, 2.24) is 20.6 Å². The highest BCUT2D eigenvalue weighted by atomic mass is 19.4. The zero-order valence-electron chi connectivity index (χ0n) is 19.2. The van der Waals surface area contributed by atoms with Crippen LogP contribution in [0.25, 0.3) is 11.3 Å². The fourth-order valence-electron chi connectivity index (χ4n) is 4.04. The topological polar surface area (TPSA) is 103 Å². The van der Waals surface area contributed by atoms with Crippen LogP contribution in [0, 0.1) is 24.2 Å². The van der Waals surface area contributed by atoms with Crippen LogP contribution in [0.5, 0.6) is 0 Å². The molecule has 1 fully saturated rings. The van der Waals surface area contributed by atoms with Crippen molar-refractivity contribution in [1.29, 1.82) is 5.41 Å². The van der Waals surface area contributed by atoms with Crippen molar-refractivity contribution in [2.24, 2.45) is 11.8 Å². The summed E-state index contributed by atoms with van der Waals surface area (Å²) in [4.78, 5) is 21.2. The van der Waals surface area contributed by atoms with Crippen LogP contribution in [-0.2, 0) is 11.3 Å². The summed E-state index contributed by atoms with van der Waals surface area (Å²) in [6.45, 7) is 2.25. The molecule has 1 amide bonds. The largest absolute Gasteiger partial charge is 0.392 e. The van der Waals surface area contributed by atoms with Crippen LogP contribution < -0.4 is 16.0 Å². The van der Waals surface area contributed by atoms with Gasteiger partial charge in [-0.3, -0.25) is 4.79 Å². The van der Waals surface area contributed by atoms with E-state index < -0.39 is 12.1 Å². The molecule has 3 rings (SSSR count). The summed E-state index contributed by atoms with van der Waals surface area (Å²) in [5.74, 6) is -1.49. The second kappa shape index (κ2) is 11.1. The number of nitrogens with one attached hydrogen (secondary N) is 4. The van der Waals surface area contributed by atoms with E-state index in [1.807, 2.05) is 25.1 Å². The molecule has 2 aromatic rings. The van der Waals surface area contributed by atoms with Crippen LogP contribution in [0.4, 0.5) is 19.1 Å². The van der Waals surface area contributed by atoms with Gasteiger partial charge in [-0.05, 0) is 55.9 Å². The molecule has 7 nitrogen and oxygen atoms in total. The Kier molecular flexibility index (Phi) is 8.25. The minimum absolute atomic E-state index is 0.0111. The molecule has 1 aliphatic rings. The van der Waals surface area contributed by atoms with E-state index in [-0.39, 0.29) is 37.5 Å². The molecule has 0 bridgehead atoms. The van der Waals surface area contributed by atoms with Gasteiger partial charge in [-0.2, -0.15) is 13.2 Å². The Morgan fingerprint density at radius 3 is 2.56 bits per heavy atom. The number of anilines is 1. The maximum atomic E-state index is 12.8. The quantitative estimate of drug-likeness (QED) is 0.420. The Balaban J connectivity index is 1.60. The van der Waals surface area contributed by atoms with E-state index >= 15 is 0 Å². The lowest BCUT2D eigenvalue weighted by atomic mass is 9.81. The number of alkyl halides is 3. The first-order valence-corrected chi connectivity index (χ1v) is 11.1.